The predicted molar refractivity (Wildman–Crippen MR) is 193 cm³/mol. The van der Waals surface area contributed by atoms with Gasteiger partial charge in [-0.15, -0.1) is 6.58 Å². The van der Waals surface area contributed by atoms with E-state index in [4.69, 9.17) is 21.1 Å². The number of carbonyl (C=O) groups is 4. The monoisotopic (exact) mass is 772 g/mol. The van der Waals surface area contributed by atoms with E-state index in [1.807, 2.05) is 18.2 Å². The van der Waals surface area contributed by atoms with E-state index in [0.29, 0.717) is 18.5 Å². The molecule has 1 aliphatic heterocycles. The number of para-hydroxylation sites is 1. The van der Waals surface area contributed by atoms with Crippen LogP contribution < -0.4 is 25.4 Å². The van der Waals surface area contributed by atoms with Gasteiger partial charge in [-0.25, -0.2) is 13.2 Å². The summed E-state index contributed by atoms with van der Waals surface area (Å²) in [6, 6.07) is 6.61. The molecule has 4 amide bonds. The van der Waals surface area contributed by atoms with Crippen LogP contribution in [0, 0.1) is 11.3 Å². The van der Waals surface area contributed by atoms with Gasteiger partial charge in [0.2, 0.25) is 33.1 Å². The van der Waals surface area contributed by atoms with E-state index in [1.54, 1.807) is 32.9 Å². The molecule has 2 aromatic rings. The Labute approximate surface area is 313 Å². The third-order valence-electron chi connectivity index (χ3n) is 9.94. The summed E-state index contributed by atoms with van der Waals surface area (Å²) >= 11 is 6.21. The standard InChI is InChI=1S/C35H45ClN8O8S/c1-5-20-18-35(20,29(47)43-53(49,50)24-15-16-24)42-27(45)25-17-23(51-32-40-30(36)39-31(41-32)37-21-11-7-6-8-12-21)19-44(25)28(46)26(34(2,3)4)38-33(48)52-22-13-9-10-14-22/h5-8,11-12,20,22-26H,1,9-10,13-19H2,2-4H3,(H,38,48)(H,42,45)(H,43,47)(H,37,39,40,41)/t20-,23-,25+,26-,35-/m1/s1. The van der Waals surface area contributed by atoms with E-state index in [-0.39, 0.29) is 42.7 Å². The second kappa shape index (κ2) is 15.1. The highest BCUT2D eigenvalue weighted by atomic mass is 35.5. The number of likely N-dealkylation sites (tertiary alicyclic amines) is 1. The summed E-state index contributed by atoms with van der Waals surface area (Å²) in [4.78, 5) is 69.0. The summed E-state index contributed by atoms with van der Waals surface area (Å²) in [5.74, 6) is -2.61. The lowest BCUT2D eigenvalue weighted by Crippen LogP contribution is -2.60. The molecule has 286 valence electrons. The fourth-order valence-electron chi connectivity index (χ4n) is 6.76. The Morgan fingerprint density at radius 1 is 1.04 bits per heavy atom. The second-order valence-corrected chi connectivity index (χ2v) is 17.4. The van der Waals surface area contributed by atoms with Crippen molar-refractivity contribution in [3.05, 3.63) is 48.3 Å². The van der Waals surface area contributed by atoms with Gasteiger partial charge in [-0.3, -0.25) is 19.1 Å². The molecule has 0 radical (unpaired) electrons. The smallest absolute Gasteiger partial charge is 0.408 e. The zero-order chi connectivity index (χ0) is 38.1. The molecule has 0 spiro atoms. The number of halogens is 1. The van der Waals surface area contributed by atoms with Crippen LogP contribution in [0.5, 0.6) is 6.01 Å². The molecule has 53 heavy (non-hydrogen) atoms. The normalized spacial score (nSPS) is 24.8. The Morgan fingerprint density at radius 2 is 1.74 bits per heavy atom. The zero-order valence-corrected chi connectivity index (χ0v) is 31.4. The van der Waals surface area contributed by atoms with Crippen molar-refractivity contribution in [2.45, 2.75) is 107 Å². The number of aromatic nitrogens is 3. The van der Waals surface area contributed by atoms with Crippen LogP contribution >= 0.6 is 11.6 Å². The molecule has 0 unspecified atom stereocenters. The molecule has 2 heterocycles. The number of alkyl carbamates (subject to hydrolysis) is 1. The van der Waals surface area contributed by atoms with Gasteiger partial charge in [0.15, 0.2) is 0 Å². The number of rotatable bonds is 13. The molecule has 3 saturated carbocycles. The van der Waals surface area contributed by atoms with E-state index < -0.39 is 74.1 Å². The largest absolute Gasteiger partial charge is 0.458 e. The number of benzene rings is 1. The molecular weight excluding hydrogens is 728 g/mol. The number of nitrogens with one attached hydrogen (secondary N) is 4. The average molecular weight is 773 g/mol. The molecule has 1 aromatic heterocycles. The maximum absolute atomic E-state index is 14.5. The molecule has 4 N–H and O–H groups in total. The Kier molecular flexibility index (Phi) is 10.9. The van der Waals surface area contributed by atoms with E-state index in [1.165, 1.54) is 11.0 Å². The lowest BCUT2D eigenvalue weighted by molar-refractivity contribution is -0.143. The highest BCUT2D eigenvalue weighted by molar-refractivity contribution is 7.91. The minimum atomic E-state index is -3.92. The lowest BCUT2D eigenvalue weighted by Gasteiger charge is -2.35. The minimum Gasteiger partial charge on any atom is -0.458 e. The first kappa shape index (κ1) is 38.2. The van der Waals surface area contributed by atoms with Crippen LogP contribution in [0.2, 0.25) is 5.28 Å². The summed E-state index contributed by atoms with van der Waals surface area (Å²) in [5.41, 5.74) is -1.72. The van der Waals surface area contributed by atoms with Crippen LogP contribution in [0.1, 0.15) is 72.1 Å². The van der Waals surface area contributed by atoms with Gasteiger partial charge in [0.1, 0.15) is 29.8 Å². The number of amides is 4. The van der Waals surface area contributed by atoms with Gasteiger partial charge >= 0.3 is 12.1 Å². The van der Waals surface area contributed by atoms with E-state index in [2.05, 4.69) is 42.2 Å². The van der Waals surface area contributed by atoms with Gasteiger partial charge in [-0.1, -0.05) is 45.0 Å². The summed E-state index contributed by atoms with van der Waals surface area (Å²) in [7, 11) is -3.92. The third kappa shape index (κ3) is 9.00. The van der Waals surface area contributed by atoms with Crippen molar-refractivity contribution in [2.75, 3.05) is 11.9 Å². The predicted octanol–water partition coefficient (Wildman–Crippen LogP) is 3.37. The van der Waals surface area contributed by atoms with Crippen molar-refractivity contribution in [2.24, 2.45) is 11.3 Å². The maximum atomic E-state index is 14.5. The first-order chi connectivity index (χ1) is 25.1. The van der Waals surface area contributed by atoms with Crippen molar-refractivity contribution in [3.8, 4) is 6.01 Å². The molecule has 4 fully saturated rings. The van der Waals surface area contributed by atoms with E-state index >= 15 is 0 Å². The van der Waals surface area contributed by atoms with E-state index in [9.17, 15) is 27.6 Å². The number of anilines is 2. The van der Waals surface area contributed by atoms with Gasteiger partial charge in [0.05, 0.1) is 11.8 Å². The number of carbonyl (C=O) groups excluding carboxylic acids is 4. The van der Waals surface area contributed by atoms with Gasteiger partial charge in [0, 0.05) is 18.0 Å². The molecule has 1 saturated heterocycles. The van der Waals surface area contributed by atoms with Crippen molar-refractivity contribution in [3.63, 3.8) is 0 Å². The summed E-state index contributed by atoms with van der Waals surface area (Å²) in [6.45, 7) is 8.95. The molecular formula is C35H45ClN8O8S. The Morgan fingerprint density at radius 3 is 2.36 bits per heavy atom. The topological polar surface area (TPSA) is 211 Å². The van der Waals surface area contributed by atoms with E-state index in [0.717, 1.165) is 25.7 Å². The van der Waals surface area contributed by atoms with Gasteiger partial charge in [-0.2, -0.15) is 15.0 Å². The molecule has 1 aromatic carbocycles. The fourth-order valence-corrected chi connectivity index (χ4v) is 8.27. The van der Waals surface area contributed by atoms with Gasteiger partial charge < -0.3 is 30.3 Å². The van der Waals surface area contributed by atoms with Crippen LogP contribution in [0.3, 0.4) is 0 Å². The lowest BCUT2D eigenvalue weighted by atomic mass is 9.85. The Hall–Kier alpha value is -4.51. The molecule has 4 aliphatic rings. The second-order valence-electron chi connectivity index (χ2n) is 15.1. The zero-order valence-electron chi connectivity index (χ0n) is 29.8. The van der Waals surface area contributed by atoms with Gasteiger partial charge in [0.25, 0.3) is 5.91 Å². The quantitative estimate of drug-likeness (QED) is 0.216. The SMILES string of the molecule is C=C[C@@H]1C[C@]1(NC(=O)[C@@H]1C[C@@H](Oc2nc(Cl)nc(Nc3ccccc3)n2)CN1C(=O)[C@@H](NC(=O)OC1CCCC1)C(C)(C)C)C(=O)NS(=O)(=O)C1CC1. The van der Waals surface area contributed by atoms with Crippen LogP contribution in [-0.4, -0.2) is 93.7 Å². The molecule has 16 nitrogen and oxygen atoms in total. The number of ether oxygens (including phenoxy) is 2. The molecule has 5 atom stereocenters. The Balaban J connectivity index is 1.25. The molecule has 18 heteroatoms. The maximum Gasteiger partial charge on any atom is 0.408 e. The van der Waals surface area contributed by atoms with Crippen LogP contribution in [-0.2, 0) is 29.1 Å². The summed E-state index contributed by atoms with van der Waals surface area (Å²) in [5, 5.41) is 7.69. The van der Waals surface area contributed by atoms with Crippen molar-refractivity contribution in [1.29, 1.82) is 0 Å². The number of hydrogen-bond acceptors (Lipinski definition) is 12. The van der Waals surface area contributed by atoms with Crippen LogP contribution in [0.4, 0.5) is 16.4 Å². The fraction of sp³-hybridized carbons (Fsp3) is 0.571. The summed E-state index contributed by atoms with van der Waals surface area (Å²) in [6.07, 6.45) is 3.95. The van der Waals surface area contributed by atoms with Gasteiger partial charge in [-0.05, 0) is 74.1 Å². The number of hydrogen-bond donors (Lipinski definition) is 4. The highest BCUT2D eigenvalue weighted by Crippen LogP contribution is 2.45. The first-order valence-electron chi connectivity index (χ1n) is 17.8. The highest BCUT2D eigenvalue weighted by Gasteiger charge is 2.62. The Bertz CT molecular complexity index is 1850. The molecule has 0 bridgehead atoms. The third-order valence-corrected chi connectivity index (χ3v) is 11.9. The number of sulfonamides is 1. The molecule has 3 aliphatic carbocycles. The van der Waals surface area contributed by atoms with Crippen LogP contribution in [0.25, 0.3) is 0 Å². The summed E-state index contributed by atoms with van der Waals surface area (Å²) < 4.78 is 39.2. The van der Waals surface area contributed by atoms with Crippen molar-refractivity contribution in [1.82, 2.24) is 35.2 Å². The van der Waals surface area contributed by atoms with Crippen molar-refractivity contribution < 1.29 is 37.1 Å². The average Bonchev–Trinajstić information content (AvgIpc) is 3.97. The number of nitrogens with zero attached hydrogens (tertiary/aromatic N) is 4. The minimum absolute atomic E-state index is 0.0669. The molecule has 6 rings (SSSR count). The first-order valence-corrected chi connectivity index (χ1v) is 19.7. The van der Waals surface area contributed by atoms with Crippen LogP contribution in [0.15, 0.2) is 43.0 Å². The van der Waals surface area contributed by atoms with Crippen molar-refractivity contribution >= 4 is 57.1 Å².